The zero-order chi connectivity index (χ0) is 13.1. The molecule has 0 amide bonds. The summed E-state index contributed by atoms with van der Waals surface area (Å²) in [5, 5.41) is 18.6. The highest BCUT2D eigenvalue weighted by atomic mass is 16.4. The summed E-state index contributed by atoms with van der Waals surface area (Å²) in [4.78, 5) is 15.1. The van der Waals surface area contributed by atoms with Gasteiger partial charge in [0, 0.05) is 11.8 Å². The molecule has 0 aliphatic carbocycles. The number of hydrogen-bond acceptors (Lipinski definition) is 3. The number of hydrogen-bond donors (Lipinski definition) is 2. The van der Waals surface area contributed by atoms with Crippen LogP contribution in [-0.2, 0) is 4.79 Å². The number of carbonyl (C=O) groups is 1. The first kappa shape index (κ1) is 13.2. The van der Waals surface area contributed by atoms with Crippen molar-refractivity contribution in [2.75, 3.05) is 0 Å². The second-order valence-corrected chi connectivity index (χ2v) is 4.94. The highest BCUT2D eigenvalue weighted by Gasteiger charge is 2.30. The fraction of sp³-hybridized carbons (Fsp3) is 0.385. The number of aliphatic carboxylic acids is 1. The zero-order valence-electron chi connectivity index (χ0n) is 10.2. The molecule has 0 heterocycles. The zero-order valence-corrected chi connectivity index (χ0v) is 10.2. The van der Waals surface area contributed by atoms with E-state index < -0.39 is 17.4 Å². The third kappa shape index (κ3) is 3.59. The molecule has 17 heavy (non-hydrogen) atoms. The average molecular weight is 235 g/mol. The topological polar surface area (TPSA) is 69.9 Å². The number of nitrogens with zero attached hydrogens (tertiary/aromatic N) is 1. The van der Waals surface area contributed by atoms with Gasteiger partial charge in [-0.05, 0) is 17.5 Å². The number of carboxylic acid groups (broad SMARTS) is 1. The molecule has 4 heteroatoms. The third-order valence-corrected chi connectivity index (χ3v) is 2.35. The van der Waals surface area contributed by atoms with Gasteiger partial charge in [0.1, 0.15) is 5.75 Å². The Morgan fingerprint density at radius 3 is 2.41 bits per heavy atom. The van der Waals surface area contributed by atoms with Gasteiger partial charge in [-0.1, -0.05) is 32.9 Å². The molecule has 4 nitrogen and oxygen atoms in total. The molecular weight excluding hydrogens is 218 g/mol. The Bertz CT molecular complexity index is 433. The molecule has 0 aliphatic rings. The van der Waals surface area contributed by atoms with E-state index in [0.29, 0.717) is 5.56 Å². The van der Waals surface area contributed by atoms with Gasteiger partial charge in [0.15, 0.2) is 6.04 Å². The van der Waals surface area contributed by atoms with Crippen molar-refractivity contribution in [1.82, 2.24) is 0 Å². The maximum atomic E-state index is 11.1. The van der Waals surface area contributed by atoms with E-state index in [2.05, 4.69) is 4.99 Å². The molecule has 1 rings (SSSR count). The fourth-order valence-electron chi connectivity index (χ4n) is 1.41. The van der Waals surface area contributed by atoms with Crippen molar-refractivity contribution in [2.45, 2.75) is 26.8 Å². The van der Waals surface area contributed by atoms with Gasteiger partial charge in [-0.3, -0.25) is 4.99 Å². The Hall–Kier alpha value is -1.84. The molecule has 2 N–H and O–H groups in total. The van der Waals surface area contributed by atoms with Crippen LogP contribution in [0.15, 0.2) is 29.3 Å². The number of carboxylic acids is 1. The molecule has 0 saturated carbocycles. The van der Waals surface area contributed by atoms with E-state index >= 15 is 0 Å². The van der Waals surface area contributed by atoms with Crippen LogP contribution in [0.2, 0.25) is 0 Å². The first-order valence-corrected chi connectivity index (χ1v) is 5.36. The van der Waals surface area contributed by atoms with E-state index in [1.807, 2.05) is 20.8 Å². The molecule has 92 valence electrons. The van der Waals surface area contributed by atoms with Crippen LogP contribution in [0.4, 0.5) is 0 Å². The third-order valence-electron chi connectivity index (χ3n) is 2.35. The largest absolute Gasteiger partial charge is 0.507 e. The maximum absolute atomic E-state index is 11.1. The van der Waals surface area contributed by atoms with E-state index in [9.17, 15) is 9.90 Å². The van der Waals surface area contributed by atoms with Crippen LogP contribution in [0.5, 0.6) is 5.75 Å². The quantitative estimate of drug-likeness (QED) is 0.790. The summed E-state index contributed by atoms with van der Waals surface area (Å²) in [6, 6.07) is 5.84. The molecule has 1 atom stereocenters. The predicted molar refractivity (Wildman–Crippen MR) is 66.6 cm³/mol. The second kappa shape index (κ2) is 4.99. The van der Waals surface area contributed by atoms with Crippen LogP contribution in [-0.4, -0.2) is 28.4 Å². The van der Waals surface area contributed by atoms with Gasteiger partial charge in [0.25, 0.3) is 0 Å². The molecule has 1 unspecified atom stereocenters. The lowest BCUT2D eigenvalue weighted by Crippen LogP contribution is -2.32. The van der Waals surface area contributed by atoms with E-state index in [1.165, 1.54) is 12.3 Å². The highest BCUT2D eigenvalue weighted by Crippen LogP contribution is 2.23. The summed E-state index contributed by atoms with van der Waals surface area (Å²) in [5.41, 5.74) is 0.0511. The number of aliphatic imine (C=N–C) groups is 1. The van der Waals surface area contributed by atoms with E-state index in [1.54, 1.807) is 18.2 Å². The Labute approximate surface area is 101 Å². The van der Waals surface area contributed by atoms with Gasteiger partial charge >= 0.3 is 5.97 Å². The van der Waals surface area contributed by atoms with Crippen molar-refractivity contribution >= 4 is 12.2 Å². The summed E-state index contributed by atoms with van der Waals surface area (Å²) in [5.74, 6) is -0.876. The lowest BCUT2D eigenvalue weighted by Gasteiger charge is -2.23. The second-order valence-electron chi connectivity index (χ2n) is 4.94. The predicted octanol–water partition coefficient (Wildman–Crippen LogP) is 2.31. The molecule has 0 spiro atoms. The minimum absolute atomic E-state index is 0.0919. The molecule has 1 aromatic carbocycles. The smallest absolute Gasteiger partial charge is 0.328 e. The van der Waals surface area contributed by atoms with Crippen molar-refractivity contribution in [3.05, 3.63) is 29.8 Å². The van der Waals surface area contributed by atoms with Gasteiger partial charge in [0.2, 0.25) is 0 Å². The first-order valence-electron chi connectivity index (χ1n) is 5.36. The summed E-state index contributed by atoms with van der Waals surface area (Å²) >= 11 is 0. The minimum atomic E-state index is -0.968. The highest BCUT2D eigenvalue weighted by molar-refractivity contribution is 5.86. The van der Waals surface area contributed by atoms with Crippen molar-refractivity contribution in [3.8, 4) is 5.75 Å². The van der Waals surface area contributed by atoms with Gasteiger partial charge < -0.3 is 10.2 Å². The maximum Gasteiger partial charge on any atom is 0.328 e. The normalized spacial score (nSPS) is 13.8. The van der Waals surface area contributed by atoms with E-state index in [4.69, 9.17) is 5.11 Å². The van der Waals surface area contributed by atoms with Crippen LogP contribution < -0.4 is 0 Å². The lowest BCUT2D eigenvalue weighted by atomic mass is 9.87. The Balaban J connectivity index is 2.96. The molecule has 0 aromatic heterocycles. The monoisotopic (exact) mass is 235 g/mol. The molecular formula is C13H17NO3. The number of rotatable bonds is 3. The summed E-state index contributed by atoms with van der Waals surface area (Å²) in [7, 11) is 0. The SMILES string of the molecule is CC(C)(C)C(/N=C/c1ccccc1O)C(=O)O. The Morgan fingerprint density at radius 2 is 1.94 bits per heavy atom. The number of benzene rings is 1. The number of phenolic OH excluding ortho intramolecular Hbond substituents is 1. The van der Waals surface area contributed by atoms with Crippen molar-refractivity contribution in [2.24, 2.45) is 10.4 Å². The number of phenols is 1. The van der Waals surface area contributed by atoms with Gasteiger partial charge in [-0.15, -0.1) is 0 Å². The molecule has 1 aromatic rings. The van der Waals surface area contributed by atoms with Crippen LogP contribution in [0.1, 0.15) is 26.3 Å². The van der Waals surface area contributed by atoms with Crippen molar-refractivity contribution in [1.29, 1.82) is 0 Å². The molecule has 0 radical (unpaired) electrons. The standard InChI is InChI=1S/C13H17NO3/c1-13(2,3)11(12(16)17)14-8-9-6-4-5-7-10(9)15/h4-8,11,15H,1-3H3,(H,16,17)/b14-8+. The molecule has 0 saturated heterocycles. The van der Waals surface area contributed by atoms with E-state index in [0.717, 1.165) is 0 Å². The van der Waals surface area contributed by atoms with Gasteiger partial charge in [-0.25, -0.2) is 4.79 Å². The van der Waals surface area contributed by atoms with Crippen molar-refractivity contribution < 1.29 is 15.0 Å². The average Bonchev–Trinajstić information content (AvgIpc) is 2.18. The van der Waals surface area contributed by atoms with Gasteiger partial charge in [0.05, 0.1) is 0 Å². The Kier molecular flexibility index (Phi) is 3.89. The van der Waals surface area contributed by atoms with Crippen LogP contribution in [0.3, 0.4) is 0 Å². The molecule has 0 fully saturated rings. The summed E-state index contributed by atoms with van der Waals surface area (Å²) in [6.45, 7) is 5.44. The Morgan fingerprint density at radius 1 is 1.35 bits per heavy atom. The van der Waals surface area contributed by atoms with Crippen LogP contribution in [0, 0.1) is 5.41 Å². The lowest BCUT2D eigenvalue weighted by molar-refractivity contribution is -0.140. The van der Waals surface area contributed by atoms with Gasteiger partial charge in [-0.2, -0.15) is 0 Å². The van der Waals surface area contributed by atoms with Crippen LogP contribution >= 0.6 is 0 Å². The summed E-state index contributed by atoms with van der Waals surface area (Å²) < 4.78 is 0. The number of para-hydroxylation sites is 1. The first-order chi connectivity index (χ1) is 7.82. The van der Waals surface area contributed by atoms with Crippen molar-refractivity contribution in [3.63, 3.8) is 0 Å². The molecule has 0 aliphatic heterocycles. The van der Waals surface area contributed by atoms with E-state index in [-0.39, 0.29) is 5.75 Å². The van der Waals surface area contributed by atoms with Crippen LogP contribution in [0.25, 0.3) is 0 Å². The number of aromatic hydroxyl groups is 1. The molecule has 0 bridgehead atoms. The fourth-order valence-corrected chi connectivity index (χ4v) is 1.41. The minimum Gasteiger partial charge on any atom is -0.507 e. The summed E-state index contributed by atoms with van der Waals surface area (Å²) in [6.07, 6.45) is 1.40.